The monoisotopic (exact) mass is 1800 g/mol. The summed E-state index contributed by atoms with van der Waals surface area (Å²) in [6.07, 6.45) is 14.3. The molecule has 5 N–H and O–H groups in total. The number of nitrogens with one attached hydrogen (secondary N) is 3. The molecule has 1 amide bonds. The van der Waals surface area contributed by atoms with Gasteiger partial charge in [0.05, 0.1) is 39.0 Å². The van der Waals surface area contributed by atoms with Gasteiger partial charge in [0.1, 0.15) is 23.5 Å². The molecule has 7 aliphatic heterocycles. The number of rotatable bonds is 13. The smallest absolute Gasteiger partial charge is 0.793 e. The largest absolute Gasteiger partial charge is 1.00 e. The van der Waals surface area contributed by atoms with Crippen molar-refractivity contribution in [2.24, 2.45) is 11.8 Å². The molecule has 0 spiro atoms. The molecule has 7 aromatic rings. The van der Waals surface area contributed by atoms with E-state index in [-0.39, 0.29) is 76.2 Å². The minimum atomic E-state index is -0.639. The molecular weight excluding hydrogens is 1680 g/mol. The van der Waals surface area contributed by atoms with Gasteiger partial charge in [0.2, 0.25) is 17.8 Å². The SMILES string of the molecule is C=CC(=O)Nc1cccc(Oc2ncnc3[nH]c(-c4ccc(NC5CCN(C)CC5)cc4)cc23)c1.CC(=O)OOC(C)=O.CC1(C)OB(B2OC(C)(C)C(C)(C)O2)OC1(C)C.CN1CCC(=O)CC1.CN1CCC(Cc2ccc(B3OC(C)(C)C(C)(C)O3)cc2)CC1.CN1CCC(Cc2ccc(Br)cc2)CC1.Nc1ccc(Br)cc1.[B-]OC(C)=O.[Na+]. The number of H-pyrrole nitrogens is 1. The second-order valence-corrected chi connectivity index (χ2v) is 36.3. The summed E-state index contributed by atoms with van der Waals surface area (Å²) in [6.45, 7) is 40.8. The number of hydrogen-bond acceptors (Lipinski definition) is 23. The van der Waals surface area contributed by atoms with E-state index in [1.54, 1.807) is 24.3 Å². The van der Waals surface area contributed by atoms with Crippen LogP contribution in [0.5, 0.6) is 11.6 Å². The van der Waals surface area contributed by atoms with E-state index in [9.17, 15) is 24.0 Å². The van der Waals surface area contributed by atoms with Gasteiger partial charge in [0.25, 0.3) is 0 Å². The zero-order valence-corrected chi connectivity index (χ0v) is 80.1. The molecule has 0 unspecified atom stereocenters. The van der Waals surface area contributed by atoms with Gasteiger partial charge in [0.15, 0.2) is 0 Å². The molecule has 0 atom stereocenters. The van der Waals surface area contributed by atoms with Crippen LogP contribution in [0.2, 0.25) is 0 Å². The van der Waals surface area contributed by atoms with E-state index in [0.717, 1.165) is 115 Å². The number of amides is 1. The predicted octanol–water partition coefficient (Wildman–Crippen LogP) is 12.5. The predicted molar refractivity (Wildman–Crippen MR) is 486 cm³/mol. The van der Waals surface area contributed by atoms with Crippen LogP contribution in [-0.2, 0) is 79.2 Å². The first-order chi connectivity index (χ1) is 56.4. The van der Waals surface area contributed by atoms with Crippen LogP contribution in [0.15, 0.2) is 155 Å². The number of ketones is 1. The molecule has 7 fully saturated rings. The first-order valence-corrected chi connectivity index (χ1v) is 42.8. The Balaban J connectivity index is 0.000000231. The van der Waals surface area contributed by atoms with Gasteiger partial charge in [-0.15, -0.1) is 0 Å². The van der Waals surface area contributed by atoms with E-state index in [0.29, 0.717) is 34.8 Å². The number of hydrogen-bond donors (Lipinski definition) is 4. The summed E-state index contributed by atoms with van der Waals surface area (Å²) < 4.78 is 48.0. The Labute approximate surface area is 759 Å². The number of carbonyl (C=O) groups excluding carboxylic acids is 5. The Hall–Kier alpha value is -6.77. The van der Waals surface area contributed by atoms with E-state index in [1.807, 2.05) is 92.8 Å². The number of nitrogen functional groups attached to an aromatic ring is 1. The van der Waals surface area contributed by atoms with E-state index in [1.165, 1.54) is 99.6 Å². The number of anilines is 3. The van der Waals surface area contributed by atoms with Gasteiger partial charge < -0.3 is 86.3 Å². The van der Waals surface area contributed by atoms with E-state index in [4.69, 9.17) is 38.4 Å². The van der Waals surface area contributed by atoms with Crippen molar-refractivity contribution < 1.29 is 101 Å². The molecule has 25 nitrogen and oxygen atoms in total. The fourth-order valence-corrected chi connectivity index (χ4v) is 13.8. The molecule has 121 heavy (non-hydrogen) atoms. The Morgan fingerprint density at radius 2 is 0.975 bits per heavy atom. The Morgan fingerprint density at radius 1 is 0.562 bits per heavy atom. The Kier molecular flexibility index (Phi) is 40.9. The van der Waals surface area contributed by atoms with Crippen LogP contribution < -0.4 is 56.1 Å². The normalized spacial score (nSPS) is 19.1. The molecule has 3 radical (unpaired) electrons. The van der Waals surface area contributed by atoms with Gasteiger partial charge in [-0.05, 0) is 309 Å². The maximum atomic E-state index is 11.6. The second kappa shape index (κ2) is 48.1. The second-order valence-electron chi connectivity index (χ2n) is 34.5. The third-order valence-electron chi connectivity index (χ3n) is 22.9. The summed E-state index contributed by atoms with van der Waals surface area (Å²) in [5.41, 5.74) is 12.7. The summed E-state index contributed by atoms with van der Waals surface area (Å²) in [7, 11) is 11.8. The number of halogens is 2. The van der Waals surface area contributed by atoms with Crippen molar-refractivity contribution in [2.45, 2.75) is 208 Å². The van der Waals surface area contributed by atoms with Crippen LogP contribution in [0.1, 0.15) is 166 Å². The molecule has 32 heteroatoms. The van der Waals surface area contributed by atoms with Crippen molar-refractivity contribution in [2.75, 3.05) is 96.9 Å². The van der Waals surface area contributed by atoms with Gasteiger partial charge in [0, 0.05) is 90.5 Å². The number of aromatic amines is 1. The fraction of sp³-hybridized carbons (Fsp3) is 0.517. The molecule has 0 aliphatic carbocycles. The maximum Gasteiger partial charge on any atom is 1.00 e. The van der Waals surface area contributed by atoms with Crippen LogP contribution in [0.25, 0.3) is 22.3 Å². The molecule has 7 aliphatic rings. The average molecular weight is 1800 g/mol. The van der Waals surface area contributed by atoms with Crippen LogP contribution in [0, 0.1) is 11.8 Å². The van der Waals surface area contributed by atoms with Crippen LogP contribution in [0.3, 0.4) is 0 Å². The van der Waals surface area contributed by atoms with Gasteiger partial charge in [-0.25, -0.2) is 29.3 Å². The molecule has 9 heterocycles. The summed E-state index contributed by atoms with van der Waals surface area (Å²) in [5.74, 6) is 1.10. The first kappa shape index (κ1) is 103. The number of benzene rings is 5. The molecule has 0 saturated carbocycles. The summed E-state index contributed by atoms with van der Waals surface area (Å²) in [5, 5.41) is 7.16. The van der Waals surface area contributed by atoms with Gasteiger partial charge in [-0.1, -0.05) is 93.0 Å². The topological polar surface area (TPSA) is 282 Å². The number of ether oxygens (including phenoxy) is 1. The summed E-state index contributed by atoms with van der Waals surface area (Å²) >= 11 is 6.76. The third kappa shape index (κ3) is 33.9. The van der Waals surface area contributed by atoms with E-state index in [2.05, 4.69) is 228 Å². The third-order valence-corrected chi connectivity index (χ3v) is 24.0. The Bertz CT molecular complexity index is 4270. The maximum absolute atomic E-state index is 11.6. The number of fused-ring (bicyclic) bond motifs is 1. The minimum Gasteiger partial charge on any atom is -0.793 e. The standard InChI is InChI=1S/C27H28N6O2.C19H30BNO2.C13H18BrN.C12H24B2O4.C6H6BrN.C6H11NO.C4H6O4.C2H3BO2.Na/c1-3-25(34)31-21-5-4-6-22(15-21)35-27-23-16-24(32-26(23)28-17-29-27)18-7-9-19(10-8-18)30-20-11-13-33(2)14-12-20;1-18(2)19(3,4)23-20(22-18)17-8-6-15(7-9-17)14-16-10-12-21(5)13-11-16;1-15-8-6-12(7-9-15)10-11-2-4-13(14)5-3-11;1-9(2)10(3,4)16-13(15-9)14-17-11(5,6)12(7,8)18-14;7-5-1-3-6(8)4-2-5;1-7-4-2-6(8)3-5-7;1-3(5)7-8-4(2)6;1-2(4)5-3;/h3-10,15-17,20,30H,1,11-14H2,2H3,(H,31,34)(H,28,29,32);6-9,16H,10-14H2,1-5H3;2-5,12H,6-10H2,1H3;1-8H3;1-4H,8H2;2-5H2,1H3;1-2H3;1H3;/q;;;;;;;-1;+1. The van der Waals surface area contributed by atoms with Crippen molar-refractivity contribution in [3.8, 4) is 22.9 Å². The van der Waals surface area contributed by atoms with Crippen LogP contribution in [-0.4, -0.2) is 214 Å². The average Bonchev–Trinajstić information content (AvgIpc) is 1.59. The number of piperidine rings is 4. The van der Waals surface area contributed by atoms with E-state index < -0.39 is 31.9 Å². The zero-order valence-electron chi connectivity index (χ0n) is 74.9. The van der Waals surface area contributed by atoms with Gasteiger partial charge in [-0.2, -0.15) is 0 Å². The minimum absolute atomic E-state index is 0. The number of Topliss-reactive ketones (excluding diaryl/α,β-unsaturated/α-hetero) is 1. The van der Waals surface area contributed by atoms with E-state index >= 15 is 0 Å². The molecule has 0 bridgehead atoms. The van der Waals surface area contributed by atoms with Gasteiger partial charge in [-0.3, -0.25) is 14.4 Å². The van der Waals surface area contributed by atoms with Crippen molar-refractivity contribution in [1.29, 1.82) is 0 Å². The molecule has 14 rings (SSSR count). The first-order valence-electron chi connectivity index (χ1n) is 41.3. The molecule has 7 saturated heterocycles. The number of nitrogens with zero attached hydrogens (tertiary/aromatic N) is 6. The molecule has 2 aromatic heterocycles. The van der Waals surface area contributed by atoms with Crippen molar-refractivity contribution >= 4 is 124 Å². The van der Waals surface area contributed by atoms with Crippen LogP contribution in [0.4, 0.5) is 17.1 Å². The van der Waals surface area contributed by atoms with Crippen molar-refractivity contribution in [3.63, 3.8) is 0 Å². The number of likely N-dealkylation sites (tertiary alicyclic amines) is 4. The van der Waals surface area contributed by atoms with Gasteiger partial charge >= 0.3 is 62.6 Å². The molecule has 5 aromatic carbocycles. The quantitative estimate of drug-likeness (QED) is 0.0274. The number of carbonyl (C=O) groups is 5. The number of nitrogens with two attached hydrogens (primary N) is 1. The van der Waals surface area contributed by atoms with Crippen LogP contribution >= 0.6 is 31.9 Å². The van der Waals surface area contributed by atoms with Crippen molar-refractivity contribution in [3.05, 3.63) is 166 Å². The molecular formula is C89H126B4Br2N10NaO15. The summed E-state index contributed by atoms with van der Waals surface area (Å²) in [4.78, 5) is 80.4. The molecule has 649 valence electrons. The Morgan fingerprint density at radius 3 is 1.39 bits per heavy atom. The fourth-order valence-electron chi connectivity index (χ4n) is 13.3. The van der Waals surface area contributed by atoms with Crippen molar-refractivity contribution in [1.82, 2.24) is 34.6 Å². The summed E-state index contributed by atoms with van der Waals surface area (Å²) in [6, 6.07) is 43.2. The number of aromatic nitrogens is 3. The zero-order chi connectivity index (χ0) is 88.3.